The molecule has 4 aliphatic rings. The molecule has 0 radical (unpaired) electrons. The van der Waals surface area contributed by atoms with Gasteiger partial charge < -0.3 is 20.0 Å². The molecular formula is C61H74N6O. The fourth-order valence-electron chi connectivity index (χ4n) is 12.1. The summed E-state index contributed by atoms with van der Waals surface area (Å²) in [4.78, 5) is 26.0. The topological polar surface area (TPSA) is 45.3 Å². The number of anilines is 2. The van der Waals surface area contributed by atoms with Crippen molar-refractivity contribution in [3.63, 3.8) is 0 Å². The highest BCUT2D eigenvalue weighted by molar-refractivity contribution is 5.93. The molecule has 10 rings (SSSR count). The second kappa shape index (κ2) is 23.2. The molecule has 6 aromatic carbocycles. The van der Waals surface area contributed by atoms with Gasteiger partial charge in [0.2, 0.25) is 5.91 Å². The van der Waals surface area contributed by atoms with Crippen molar-refractivity contribution in [1.29, 1.82) is 0 Å². The third-order valence-electron chi connectivity index (χ3n) is 15.6. The zero-order valence-corrected chi connectivity index (χ0v) is 40.6. The first-order valence-electron chi connectivity index (χ1n) is 25.6. The fourth-order valence-corrected chi connectivity index (χ4v) is 12.1. The lowest BCUT2D eigenvalue weighted by Gasteiger charge is -2.46. The van der Waals surface area contributed by atoms with Gasteiger partial charge in [0.25, 0.3) is 0 Å². The highest BCUT2D eigenvalue weighted by Gasteiger charge is 2.51. The summed E-state index contributed by atoms with van der Waals surface area (Å²) in [6.07, 6.45) is 5.24. The SMILES string of the molecule is CCC(=O)N(CC12CN(CCc3ccccc3)CCC1CN(Cc1ccccc1)C2)c1ccccc1.c1ccc(CCN2CCC3CN(Cc4ccccc4)CC3(CNc3ccccc3)C2)cc1. The molecule has 0 bridgehead atoms. The van der Waals surface area contributed by atoms with E-state index in [0.29, 0.717) is 17.8 Å². The fraction of sp³-hybridized carbons (Fsp3) is 0.393. The lowest BCUT2D eigenvalue weighted by Crippen LogP contribution is -2.55. The maximum atomic E-state index is 13.2. The van der Waals surface area contributed by atoms with Gasteiger partial charge in [-0.15, -0.1) is 0 Å². The van der Waals surface area contributed by atoms with Crippen molar-refractivity contribution >= 4 is 17.3 Å². The Morgan fingerprint density at radius 3 is 1.40 bits per heavy atom. The Kier molecular flexibility index (Phi) is 16.2. The highest BCUT2D eigenvalue weighted by Crippen LogP contribution is 2.45. The predicted molar refractivity (Wildman–Crippen MR) is 282 cm³/mol. The number of para-hydroxylation sites is 2. The van der Waals surface area contributed by atoms with Crippen molar-refractivity contribution in [2.24, 2.45) is 22.7 Å². The summed E-state index contributed by atoms with van der Waals surface area (Å²) in [6.45, 7) is 17.3. The van der Waals surface area contributed by atoms with Crippen LogP contribution in [0.4, 0.5) is 11.4 Å². The number of benzene rings is 6. The molecule has 4 aliphatic heterocycles. The zero-order valence-electron chi connectivity index (χ0n) is 40.6. The van der Waals surface area contributed by atoms with Crippen molar-refractivity contribution in [3.8, 4) is 0 Å². The maximum Gasteiger partial charge on any atom is 0.226 e. The molecule has 354 valence electrons. The Bertz CT molecular complexity index is 2410. The van der Waals surface area contributed by atoms with Gasteiger partial charge in [0.15, 0.2) is 0 Å². The maximum absolute atomic E-state index is 13.2. The molecule has 4 fully saturated rings. The number of nitrogens with one attached hydrogen (secondary N) is 1. The molecular weight excluding hydrogens is 833 g/mol. The number of rotatable bonds is 17. The van der Waals surface area contributed by atoms with Crippen LogP contribution >= 0.6 is 0 Å². The van der Waals surface area contributed by atoms with Gasteiger partial charge in [0.1, 0.15) is 0 Å². The van der Waals surface area contributed by atoms with E-state index in [1.54, 1.807) is 0 Å². The highest BCUT2D eigenvalue weighted by atomic mass is 16.2. The first-order chi connectivity index (χ1) is 33.4. The molecule has 7 nitrogen and oxygen atoms in total. The molecule has 4 heterocycles. The molecule has 0 aromatic heterocycles. The van der Waals surface area contributed by atoms with Gasteiger partial charge in [0, 0.05) is 107 Å². The van der Waals surface area contributed by atoms with Gasteiger partial charge in [-0.05, 0) is 97.1 Å². The van der Waals surface area contributed by atoms with E-state index in [-0.39, 0.29) is 11.3 Å². The van der Waals surface area contributed by atoms with Crippen LogP contribution < -0.4 is 10.2 Å². The first kappa shape index (κ1) is 47.5. The Labute approximate surface area is 407 Å². The van der Waals surface area contributed by atoms with E-state index in [0.717, 1.165) is 89.9 Å². The zero-order chi connectivity index (χ0) is 46.4. The number of nitrogens with zero attached hydrogens (tertiary/aromatic N) is 5. The minimum atomic E-state index is 0.0738. The molecule has 68 heavy (non-hydrogen) atoms. The Morgan fingerprint density at radius 1 is 0.515 bits per heavy atom. The summed E-state index contributed by atoms with van der Waals surface area (Å²) in [5.41, 5.74) is 8.30. The van der Waals surface area contributed by atoms with Crippen LogP contribution in [0.25, 0.3) is 0 Å². The number of carbonyl (C=O) groups excluding carboxylic acids is 1. The monoisotopic (exact) mass is 907 g/mol. The minimum Gasteiger partial charge on any atom is -0.384 e. The van der Waals surface area contributed by atoms with Crippen LogP contribution in [-0.4, -0.2) is 104 Å². The van der Waals surface area contributed by atoms with Crippen molar-refractivity contribution in [2.75, 3.05) is 88.8 Å². The van der Waals surface area contributed by atoms with Crippen molar-refractivity contribution in [3.05, 3.63) is 204 Å². The van der Waals surface area contributed by atoms with Crippen molar-refractivity contribution in [2.45, 2.75) is 52.1 Å². The summed E-state index contributed by atoms with van der Waals surface area (Å²) in [6, 6.07) is 64.6. The summed E-state index contributed by atoms with van der Waals surface area (Å²) in [7, 11) is 0. The van der Waals surface area contributed by atoms with Gasteiger partial charge in [-0.25, -0.2) is 0 Å². The van der Waals surface area contributed by atoms with E-state index < -0.39 is 0 Å². The van der Waals surface area contributed by atoms with E-state index in [2.05, 4.69) is 194 Å². The molecule has 0 spiro atoms. The Hall–Kier alpha value is -5.57. The van der Waals surface area contributed by atoms with Gasteiger partial charge >= 0.3 is 0 Å². The number of hydrogen-bond acceptors (Lipinski definition) is 6. The molecule has 1 amide bonds. The first-order valence-corrected chi connectivity index (χ1v) is 25.6. The molecule has 4 atom stereocenters. The number of likely N-dealkylation sites (tertiary alicyclic amines) is 4. The summed E-state index contributed by atoms with van der Waals surface area (Å²) >= 11 is 0. The molecule has 0 saturated carbocycles. The largest absolute Gasteiger partial charge is 0.384 e. The van der Waals surface area contributed by atoms with E-state index in [1.165, 1.54) is 67.0 Å². The lowest BCUT2D eigenvalue weighted by molar-refractivity contribution is -0.119. The van der Waals surface area contributed by atoms with Crippen LogP contribution in [0.15, 0.2) is 182 Å². The number of carbonyl (C=O) groups is 1. The normalized spacial score (nSPS) is 23.0. The van der Waals surface area contributed by atoms with E-state index >= 15 is 0 Å². The number of piperidine rings is 2. The molecule has 4 unspecified atom stereocenters. The number of amides is 1. The third kappa shape index (κ3) is 12.4. The molecule has 1 N–H and O–H groups in total. The van der Waals surface area contributed by atoms with Crippen LogP contribution in [0.1, 0.15) is 48.4 Å². The molecule has 0 aliphatic carbocycles. The van der Waals surface area contributed by atoms with Crippen LogP contribution in [0.5, 0.6) is 0 Å². The second-order valence-corrected chi connectivity index (χ2v) is 20.4. The molecule has 7 heteroatoms. The van der Waals surface area contributed by atoms with Gasteiger partial charge in [-0.3, -0.25) is 14.6 Å². The Balaban J connectivity index is 0.000000171. The van der Waals surface area contributed by atoms with E-state index in [1.807, 2.05) is 25.1 Å². The summed E-state index contributed by atoms with van der Waals surface area (Å²) in [5.74, 6) is 1.58. The number of fused-ring (bicyclic) bond motifs is 2. The van der Waals surface area contributed by atoms with Gasteiger partial charge in [-0.2, -0.15) is 0 Å². The van der Waals surface area contributed by atoms with Crippen molar-refractivity contribution in [1.82, 2.24) is 19.6 Å². The van der Waals surface area contributed by atoms with Crippen molar-refractivity contribution < 1.29 is 4.79 Å². The van der Waals surface area contributed by atoms with Crippen LogP contribution in [0.3, 0.4) is 0 Å². The standard InChI is InChI=1S/C32H39N3O.C29H35N3/c1-2-31(36)35(30-16-10-5-11-17-30)26-32-24-33(20-18-27-12-6-3-7-13-27)21-19-29(32)23-34(25-32)22-28-14-8-4-9-15-28;1-4-10-25(11-5-1)16-18-31-19-17-27-21-32(20-26-12-6-2-7-13-26)24-29(27,23-31)22-30-28-14-8-3-9-15-28/h3-17,29H,2,18-26H2,1H3;1-15,27,30H,16-24H2. The summed E-state index contributed by atoms with van der Waals surface area (Å²) in [5, 5.41) is 3.80. The molecule has 6 aromatic rings. The average Bonchev–Trinajstić information content (AvgIpc) is 3.94. The quantitative estimate of drug-likeness (QED) is 0.0984. The third-order valence-corrected chi connectivity index (χ3v) is 15.6. The Morgan fingerprint density at radius 2 is 0.912 bits per heavy atom. The van der Waals surface area contributed by atoms with E-state index in [9.17, 15) is 4.79 Å². The average molecular weight is 907 g/mol. The van der Waals surface area contributed by atoms with Crippen LogP contribution in [0, 0.1) is 22.7 Å². The minimum absolute atomic E-state index is 0.0738. The van der Waals surface area contributed by atoms with Gasteiger partial charge in [-0.1, -0.05) is 165 Å². The molecule has 4 saturated heterocycles. The smallest absolute Gasteiger partial charge is 0.226 e. The van der Waals surface area contributed by atoms with Crippen LogP contribution in [0.2, 0.25) is 0 Å². The second-order valence-electron chi connectivity index (χ2n) is 20.4. The number of hydrogen-bond donors (Lipinski definition) is 1. The van der Waals surface area contributed by atoms with E-state index in [4.69, 9.17) is 0 Å². The van der Waals surface area contributed by atoms with Crippen LogP contribution in [-0.2, 0) is 30.7 Å². The lowest BCUT2D eigenvalue weighted by atomic mass is 9.72. The van der Waals surface area contributed by atoms with Gasteiger partial charge in [0.05, 0.1) is 0 Å². The predicted octanol–water partition coefficient (Wildman–Crippen LogP) is 10.7. The summed E-state index contributed by atoms with van der Waals surface area (Å²) < 4.78 is 0.